The van der Waals surface area contributed by atoms with Gasteiger partial charge in [-0.2, -0.15) is 0 Å². The van der Waals surface area contributed by atoms with E-state index in [1.54, 1.807) is 25.3 Å². The van der Waals surface area contributed by atoms with Crippen molar-refractivity contribution in [2.75, 3.05) is 46.4 Å². The Morgan fingerprint density at radius 2 is 1.96 bits per heavy atom. The van der Waals surface area contributed by atoms with Crippen molar-refractivity contribution in [1.29, 1.82) is 0 Å². The third-order valence-electron chi connectivity index (χ3n) is 4.28. The molecular formula is C18H26BrN3O3. The van der Waals surface area contributed by atoms with Crippen molar-refractivity contribution in [3.05, 3.63) is 28.2 Å². The van der Waals surface area contributed by atoms with Crippen LogP contribution in [0, 0.1) is 0 Å². The molecule has 1 saturated heterocycles. The van der Waals surface area contributed by atoms with E-state index in [2.05, 4.69) is 33.1 Å². The number of carbonyl (C=O) groups excluding carboxylic acids is 2. The zero-order valence-electron chi connectivity index (χ0n) is 14.9. The van der Waals surface area contributed by atoms with Crippen molar-refractivity contribution in [2.24, 2.45) is 0 Å². The van der Waals surface area contributed by atoms with Crippen LogP contribution in [0.3, 0.4) is 0 Å². The fourth-order valence-corrected chi connectivity index (χ4v) is 3.30. The molecule has 1 aromatic carbocycles. The predicted octanol–water partition coefficient (Wildman–Crippen LogP) is 2.13. The Hall–Kier alpha value is -1.60. The first-order valence-electron chi connectivity index (χ1n) is 8.67. The number of unbranched alkanes of at least 4 members (excludes halogenated alkanes) is 1. The minimum Gasteiger partial charge on any atom is -0.496 e. The van der Waals surface area contributed by atoms with E-state index in [0.29, 0.717) is 44.0 Å². The van der Waals surface area contributed by atoms with Gasteiger partial charge in [0, 0.05) is 38.3 Å². The number of rotatable bonds is 7. The second kappa shape index (κ2) is 9.77. The monoisotopic (exact) mass is 411 g/mol. The first-order valence-corrected chi connectivity index (χ1v) is 9.46. The molecule has 1 N–H and O–H groups in total. The molecule has 6 nitrogen and oxygen atoms in total. The van der Waals surface area contributed by atoms with Gasteiger partial charge >= 0.3 is 0 Å². The second-order valence-electron chi connectivity index (χ2n) is 6.12. The van der Waals surface area contributed by atoms with Crippen molar-refractivity contribution < 1.29 is 14.3 Å². The molecule has 7 heteroatoms. The third kappa shape index (κ3) is 5.71. The summed E-state index contributed by atoms with van der Waals surface area (Å²) in [5, 5.41) is 2.93. The summed E-state index contributed by atoms with van der Waals surface area (Å²) in [6.07, 6.45) is 2.08. The lowest BCUT2D eigenvalue weighted by atomic mass is 10.1. The maximum atomic E-state index is 12.6. The highest BCUT2D eigenvalue weighted by Gasteiger charge is 2.23. The second-order valence-corrected chi connectivity index (χ2v) is 6.98. The van der Waals surface area contributed by atoms with Crippen LogP contribution in [-0.4, -0.2) is 68.0 Å². The van der Waals surface area contributed by atoms with Gasteiger partial charge in [0.2, 0.25) is 5.91 Å². The molecule has 1 aromatic rings. The van der Waals surface area contributed by atoms with Crippen LogP contribution in [0.1, 0.15) is 30.1 Å². The number of methoxy groups -OCH3 is 1. The maximum Gasteiger partial charge on any atom is 0.253 e. The summed E-state index contributed by atoms with van der Waals surface area (Å²) in [5.74, 6) is 0.776. The lowest BCUT2D eigenvalue weighted by molar-refractivity contribution is -0.122. The SMILES string of the molecule is CCCCNC(=O)CN1CCN(C(=O)c2ccc(OC)c(Br)c2)CC1. The summed E-state index contributed by atoms with van der Waals surface area (Å²) in [7, 11) is 1.60. The lowest BCUT2D eigenvalue weighted by Crippen LogP contribution is -2.51. The highest BCUT2D eigenvalue weighted by Crippen LogP contribution is 2.26. The fraction of sp³-hybridized carbons (Fsp3) is 0.556. The normalized spacial score (nSPS) is 15.1. The number of benzene rings is 1. The smallest absolute Gasteiger partial charge is 0.253 e. The van der Waals surface area contributed by atoms with Crippen LogP contribution in [-0.2, 0) is 4.79 Å². The molecule has 0 aromatic heterocycles. The van der Waals surface area contributed by atoms with Gasteiger partial charge in [0.25, 0.3) is 5.91 Å². The van der Waals surface area contributed by atoms with Crippen molar-refractivity contribution in [1.82, 2.24) is 15.1 Å². The van der Waals surface area contributed by atoms with Gasteiger partial charge in [-0.1, -0.05) is 13.3 Å². The first kappa shape index (κ1) is 19.7. The van der Waals surface area contributed by atoms with Gasteiger partial charge in [-0.25, -0.2) is 0 Å². The van der Waals surface area contributed by atoms with Gasteiger partial charge in [-0.05, 0) is 40.5 Å². The van der Waals surface area contributed by atoms with Crippen LogP contribution in [0.5, 0.6) is 5.75 Å². The van der Waals surface area contributed by atoms with Crippen LogP contribution in [0.15, 0.2) is 22.7 Å². The van der Waals surface area contributed by atoms with Gasteiger partial charge < -0.3 is 15.0 Å². The summed E-state index contributed by atoms with van der Waals surface area (Å²) in [4.78, 5) is 28.4. The van der Waals surface area contributed by atoms with Crippen LogP contribution >= 0.6 is 15.9 Å². The Labute approximate surface area is 157 Å². The molecule has 0 radical (unpaired) electrons. The molecule has 0 atom stereocenters. The van der Waals surface area contributed by atoms with E-state index >= 15 is 0 Å². The summed E-state index contributed by atoms with van der Waals surface area (Å²) in [6.45, 7) is 5.92. The molecular weight excluding hydrogens is 386 g/mol. The van der Waals surface area contributed by atoms with Gasteiger partial charge in [0.1, 0.15) is 5.75 Å². The predicted molar refractivity (Wildman–Crippen MR) is 101 cm³/mol. The molecule has 0 aliphatic carbocycles. The standard InChI is InChI=1S/C18H26BrN3O3/c1-3-4-7-20-17(23)13-21-8-10-22(11-9-21)18(24)14-5-6-16(25-2)15(19)12-14/h5-6,12H,3-4,7-11,13H2,1-2H3,(H,20,23). The molecule has 0 bridgehead atoms. The Balaban J connectivity index is 1.82. The van der Waals surface area contributed by atoms with Crippen LogP contribution in [0.25, 0.3) is 0 Å². The van der Waals surface area contributed by atoms with E-state index in [4.69, 9.17) is 4.74 Å². The number of nitrogens with zero attached hydrogens (tertiary/aromatic N) is 2. The molecule has 1 aliphatic rings. The average Bonchev–Trinajstić information content (AvgIpc) is 2.62. The van der Waals surface area contributed by atoms with Crippen molar-refractivity contribution in [3.63, 3.8) is 0 Å². The number of halogens is 1. The number of piperazine rings is 1. The molecule has 2 rings (SSSR count). The van der Waals surface area contributed by atoms with E-state index in [1.165, 1.54) is 0 Å². The molecule has 138 valence electrons. The van der Waals surface area contributed by atoms with E-state index in [1.807, 2.05) is 4.90 Å². The van der Waals surface area contributed by atoms with Gasteiger partial charge in [-0.3, -0.25) is 14.5 Å². The quantitative estimate of drug-likeness (QED) is 0.698. The zero-order chi connectivity index (χ0) is 18.2. The number of carbonyl (C=O) groups is 2. The Morgan fingerprint density at radius 1 is 1.24 bits per heavy atom. The van der Waals surface area contributed by atoms with Crippen molar-refractivity contribution >= 4 is 27.7 Å². The van der Waals surface area contributed by atoms with E-state index in [9.17, 15) is 9.59 Å². The largest absolute Gasteiger partial charge is 0.496 e. The lowest BCUT2D eigenvalue weighted by Gasteiger charge is -2.34. The average molecular weight is 412 g/mol. The molecule has 0 saturated carbocycles. The molecule has 0 spiro atoms. The molecule has 1 aliphatic heterocycles. The molecule has 25 heavy (non-hydrogen) atoms. The van der Waals surface area contributed by atoms with Crippen molar-refractivity contribution in [3.8, 4) is 5.75 Å². The minimum absolute atomic E-state index is 0.00963. The van der Waals surface area contributed by atoms with Gasteiger partial charge in [-0.15, -0.1) is 0 Å². The molecule has 1 heterocycles. The Kier molecular flexibility index (Phi) is 7.71. The zero-order valence-corrected chi connectivity index (χ0v) is 16.5. The number of nitrogens with one attached hydrogen (secondary N) is 1. The van der Waals surface area contributed by atoms with E-state index < -0.39 is 0 Å². The van der Waals surface area contributed by atoms with E-state index in [0.717, 1.165) is 23.9 Å². The highest BCUT2D eigenvalue weighted by molar-refractivity contribution is 9.10. The number of ether oxygens (including phenoxy) is 1. The molecule has 0 unspecified atom stereocenters. The van der Waals surface area contributed by atoms with Crippen LogP contribution < -0.4 is 10.1 Å². The first-order chi connectivity index (χ1) is 12.0. The number of hydrogen-bond acceptors (Lipinski definition) is 4. The Morgan fingerprint density at radius 3 is 2.56 bits per heavy atom. The third-order valence-corrected chi connectivity index (χ3v) is 4.90. The minimum atomic E-state index is 0.00963. The Bertz CT molecular complexity index is 601. The molecule has 2 amide bonds. The van der Waals surface area contributed by atoms with Crippen LogP contribution in [0.4, 0.5) is 0 Å². The van der Waals surface area contributed by atoms with Gasteiger partial charge in [0.15, 0.2) is 0 Å². The van der Waals surface area contributed by atoms with E-state index in [-0.39, 0.29) is 11.8 Å². The molecule has 1 fully saturated rings. The number of hydrogen-bond donors (Lipinski definition) is 1. The summed E-state index contributed by atoms with van der Waals surface area (Å²) in [5.41, 5.74) is 0.637. The number of amides is 2. The van der Waals surface area contributed by atoms with Crippen molar-refractivity contribution in [2.45, 2.75) is 19.8 Å². The summed E-state index contributed by atoms with van der Waals surface area (Å²) >= 11 is 3.41. The fourth-order valence-electron chi connectivity index (χ4n) is 2.75. The maximum absolute atomic E-state index is 12.6. The summed E-state index contributed by atoms with van der Waals surface area (Å²) < 4.78 is 5.96. The topological polar surface area (TPSA) is 61.9 Å². The summed E-state index contributed by atoms with van der Waals surface area (Å²) in [6, 6.07) is 5.35. The van der Waals surface area contributed by atoms with Crippen LogP contribution in [0.2, 0.25) is 0 Å². The highest BCUT2D eigenvalue weighted by atomic mass is 79.9. The van der Waals surface area contributed by atoms with Gasteiger partial charge in [0.05, 0.1) is 18.1 Å².